The fourth-order valence-corrected chi connectivity index (χ4v) is 1.36. The average molecular weight is 215 g/mol. The van der Waals surface area contributed by atoms with Gasteiger partial charge in [-0.1, -0.05) is 0 Å². The standard InChI is InChI=1S/C11H25N3O/c1-12-8-6-10-14(4)9-5-7-11(15)13(2)3/h12H,5-10H2,1-4H3. The Morgan fingerprint density at radius 3 is 2.27 bits per heavy atom. The maximum absolute atomic E-state index is 11.3. The highest BCUT2D eigenvalue weighted by atomic mass is 16.2. The molecule has 0 aliphatic rings. The topological polar surface area (TPSA) is 35.6 Å². The molecule has 0 heterocycles. The van der Waals surface area contributed by atoms with Gasteiger partial charge in [0.25, 0.3) is 0 Å². The maximum atomic E-state index is 11.3. The lowest BCUT2D eigenvalue weighted by atomic mass is 10.2. The van der Waals surface area contributed by atoms with Crippen molar-refractivity contribution in [1.82, 2.24) is 15.1 Å². The van der Waals surface area contributed by atoms with E-state index in [0.717, 1.165) is 32.5 Å². The molecule has 90 valence electrons. The molecule has 0 aromatic carbocycles. The minimum Gasteiger partial charge on any atom is -0.349 e. The summed E-state index contributed by atoms with van der Waals surface area (Å²) in [5.41, 5.74) is 0. The van der Waals surface area contributed by atoms with Crippen LogP contribution >= 0.6 is 0 Å². The number of hydrogen-bond acceptors (Lipinski definition) is 3. The molecule has 0 atom stereocenters. The van der Waals surface area contributed by atoms with E-state index < -0.39 is 0 Å². The van der Waals surface area contributed by atoms with E-state index >= 15 is 0 Å². The molecule has 4 nitrogen and oxygen atoms in total. The first kappa shape index (κ1) is 14.4. The maximum Gasteiger partial charge on any atom is 0.222 e. The van der Waals surface area contributed by atoms with Gasteiger partial charge in [-0.2, -0.15) is 0 Å². The molecule has 0 aliphatic heterocycles. The monoisotopic (exact) mass is 215 g/mol. The van der Waals surface area contributed by atoms with Gasteiger partial charge in [0.15, 0.2) is 0 Å². The Labute approximate surface area is 93.6 Å². The molecule has 1 N–H and O–H groups in total. The molecule has 0 fully saturated rings. The second kappa shape index (κ2) is 8.68. The van der Waals surface area contributed by atoms with Gasteiger partial charge in [-0.05, 0) is 46.6 Å². The number of carbonyl (C=O) groups excluding carboxylic acids is 1. The second-order valence-electron chi connectivity index (χ2n) is 4.15. The van der Waals surface area contributed by atoms with Gasteiger partial charge in [-0.3, -0.25) is 4.79 Å². The lowest BCUT2D eigenvalue weighted by Gasteiger charge is -2.16. The van der Waals surface area contributed by atoms with E-state index in [-0.39, 0.29) is 5.91 Å². The van der Waals surface area contributed by atoms with Crippen molar-refractivity contribution in [3.63, 3.8) is 0 Å². The number of carbonyl (C=O) groups is 1. The number of rotatable bonds is 8. The molecule has 0 unspecified atom stereocenters. The molecule has 0 bridgehead atoms. The Kier molecular flexibility index (Phi) is 8.33. The summed E-state index contributed by atoms with van der Waals surface area (Å²) in [6.45, 7) is 3.15. The molecular formula is C11H25N3O. The van der Waals surface area contributed by atoms with Gasteiger partial charge in [0, 0.05) is 20.5 Å². The van der Waals surface area contributed by atoms with Crippen LogP contribution in [0, 0.1) is 0 Å². The van der Waals surface area contributed by atoms with Crippen LogP contribution in [0.3, 0.4) is 0 Å². The fourth-order valence-electron chi connectivity index (χ4n) is 1.36. The van der Waals surface area contributed by atoms with Crippen LogP contribution in [0.1, 0.15) is 19.3 Å². The van der Waals surface area contributed by atoms with Crippen LogP contribution in [0.5, 0.6) is 0 Å². The quantitative estimate of drug-likeness (QED) is 0.595. The highest BCUT2D eigenvalue weighted by Crippen LogP contribution is 1.96. The molecule has 0 aromatic heterocycles. The molecule has 0 radical (unpaired) electrons. The SMILES string of the molecule is CNCCCN(C)CCCC(=O)N(C)C. The Balaban J connectivity index is 3.38. The zero-order valence-electron chi connectivity index (χ0n) is 10.5. The van der Waals surface area contributed by atoms with Gasteiger partial charge in [-0.25, -0.2) is 0 Å². The van der Waals surface area contributed by atoms with E-state index in [0.29, 0.717) is 6.42 Å². The molecule has 0 spiro atoms. The minimum absolute atomic E-state index is 0.221. The van der Waals surface area contributed by atoms with Crippen molar-refractivity contribution in [2.24, 2.45) is 0 Å². The molecule has 1 amide bonds. The number of amides is 1. The summed E-state index contributed by atoms with van der Waals surface area (Å²) < 4.78 is 0. The molecule has 15 heavy (non-hydrogen) atoms. The fraction of sp³-hybridized carbons (Fsp3) is 0.909. The zero-order chi connectivity index (χ0) is 11.7. The number of nitrogens with one attached hydrogen (secondary N) is 1. The van der Waals surface area contributed by atoms with Crippen LogP contribution in [-0.4, -0.2) is 63.5 Å². The smallest absolute Gasteiger partial charge is 0.222 e. The normalized spacial score (nSPS) is 10.7. The molecule has 0 rings (SSSR count). The summed E-state index contributed by atoms with van der Waals surface area (Å²) >= 11 is 0. The van der Waals surface area contributed by atoms with Crippen molar-refractivity contribution in [1.29, 1.82) is 0 Å². The summed E-state index contributed by atoms with van der Waals surface area (Å²) in [6, 6.07) is 0. The van der Waals surface area contributed by atoms with Crippen molar-refractivity contribution in [3.8, 4) is 0 Å². The van der Waals surface area contributed by atoms with E-state index in [1.54, 1.807) is 19.0 Å². The van der Waals surface area contributed by atoms with E-state index in [2.05, 4.69) is 17.3 Å². The van der Waals surface area contributed by atoms with Crippen LogP contribution in [0.15, 0.2) is 0 Å². The van der Waals surface area contributed by atoms with Crippen molar-refractivity contribution < 1.29 is 4.79 Å². The predicted octanol–water partition coefficient (Wildman–Crippen LogP) is 0.396. The summed E-state index contributed by atoms with van der Waals surface area (Å²) in [7, 11) is 7.68. The van der Waals surface area contributed by atoms with E-state index in [4.69, 9.17) is 0 Å². The highest BCUT2D eigenvalue weighted by Gasteiger charge is 2.04. The molecule has 0 aliphatic carbocycles. The minimum atomic E-state index is 0.221. The summed E-state index contributed by atoms with van der Waals surface area (Å²) in [5.74, 6) is 0.221. The molecule has 0 saturated carbocycles. The Morgan fingerprint density at radius 2 is 1.73 bits per heavy atom. The third kappa shape index (κ3) is 8.39. The van der Waals surface area contributed by atoms with Gasteiger partial charge >= 0.3 is 0 Å². The third-order valence-electron chi connectivity index (χ3n) is 2.40. The molecule has 4 heteroatoms. The van der Waals surface area contributed by atoms with Crippen molar-refractivity contribution >= 4 is 5.91 Å². The van der Waals surface area contributed by atoms with Crippen LogP contribution < -0.4 is 5.32 Å². The molecule has 0 saturated heterocycles. The third-order valence-corrected chi connectivity index (χ3v) is 2.40. The van der Waals surface area contributed by atoms with Crippen LogP contribution in [0.25, 0.3) is 0 Å². The van der Waals surface area contributed by atoms with E-state index in [1.165, 1.54) is 0 Å². The molecule has 0 aromatic rings. The first-order valence-electron chi connectivity index (χ1n) is 5.61. The first-order valence-corrected chi connectivity index (χ1v) is 5.61. The Morgan fingerprint density at radius 1 is 1.13 bits per heavy atom. The summed E-state index contributed by atoms with van der Waals surface area (Å²) in [4.78, 5) is 15.2. The number of hydrogen-bond donors (Lipinski definition) is 1. The number of nitrogens with zero attached hydrogens (tertiary/aromatic N) is 2. The van der Waals surface area contributed by atoms with Crippen molar-refractivity contribution in [3.05, 3.63) is 0 Å². The lowest BCUT2D eigenvalue weighted by Crippen LogP contribution is -2.26. The van der Waals surface area contributed by atoms with Gasteiger partial charge in [0.2, 0.25) is 5.91 Å². The van der Waals surface area contributed by atoms with Gasteiger partial charge < -0.3 is 15.1 Å². The predicted molar refractivity (Wildman–Crippen MR) is 64.0 cm³/mol. The zero-order valence-corrected chi connectivity index (χ0v) is 10.5. The van der Waals surface area contributed by atoms with Gasteiger partial charge in [0.05, 0.1) is 0 Å². The summed E-state index contributed by atoms with van der Waals surface area (Å²) in [5, 5.41) is 3.12. The van der Waals surface area contributed by atoms with Crippen molar-refractivity contribution in [2.45, 2.75) is 19.3 Å². The van der Waals surface area contributed by atoms with E-state index in [9.17, 15) is 4.79 Å². The lowest BCUT2D eigenvalue weighted by molar-refractivity contribution is -0.128. The average Bonchev–Trinajstić information content (AvgIpc) is 2.18. The molecular weight excluding hydrogens is 190 g/mol. The Bertz CT molecular complexity index is 171. The van der Waals surface area contributed by atoms with Gasteiger partial charge in [-0.15, -0.1) is 0 Å². The van der Waals surface area contributed by atoms with Crippen molar-refractivity contribution in [2.75, 3.05) is 47.8 Å². The van der Waals surface area contributed by atoms with Gasteiger partial charge in [0.1, 0.15) is 0 Å². The van der Waals surface area contributed by atoms with Crippen LogP contribution in [0.4, 0.5) is 0 Å². The first-order chi connectivity index (χ1) is 7.07. The highest BCUT2D eigenvalue weighted by molar-refractivity contribution is 5.75. The van der Waals surface area contributed by atoms with Crippen LogP contribution in [-0.2, 0) is 4.79 Å². The largest absolute Gasteiger partial charge is 0.349 e. The Hall–Kier alpha value is -0.610. The van der Waals surface area contributed by atoms with E-state index in [1.807, 2.05) is 7.05 Å². The second-order valence-corrected chi connectivity index (χ2v) is 4.15. The summed E-state index contributed by atoms with van der Waals surface area (Å²) in [6.07, 6.45) is 2.77. The van der Waals surface area contributed by atoms with Crippen LogP contribution in [0.2, 0.25) is 0 Å².